The monoisotopic (exact) mass is 504 g/mol. The number of nitrogens with zero attached hydrogens (tertiary/aromatic N) is 3. The fourth-order valence-corrected chi connectivity index (χ4v) is 4.28. The molecule has 1 atom stereocenters. The number of aliphatic hydroxyl groups is 1. The number of fused-ring (bicyclic) bond motifs is 1. The number of hydrogen-bond acceptors (Lipinski definition) is 6. The number of rotatable bonds is 8. The summed E-state index contributed by atoms with van der Waals surface area (Å²) in [6.07, 6.45) is 8.90. The third kappa shape index (κ3) is 5.95. The van der Waals surface area contributed by atoms with E-state index >= 15 is 0 Å². The first kappa shape index (κ1) is 24.9. The average Bonchev–Trinajstić information content (AvgIpc) is 3.37. The number of benzene rings is 3. The molecule has 38 heavy (non-hydrogen) atoms. The first-order valence-corrected chi connectivity index (χ1v) is 12.5. The highest BCUT2D eigenvalue weighted by atomic mass is 16.3. The zero-order valence-corrected chi connectivity index (χ0v) is 20.8. The van der Waals surface area contributed by atoms with Crippen LogP contribution in [-0.2, 0) is 11.2 Å². The van der Waals surface area contributed by atoms with E-state index in [1.165, 1.54) is 18.0 Å². The van der Waals surface area contributed by atoms with Crippen molar-refractivity contribution in [2.45, 2.75) is 25.3 Å². The number of aliphatic hydroxyl groups excluding tert-OH is 1. The fourth-order valence-electron chi connectivity index (χ4n) is 4.28. The smallest absolute Gasteiger partial charge is 0.251 e. The Labute approximate surface area is 221 Å². The zero-order chi connectivity index (χ0) is 26.3. The molecular formula is C31H28N4O3. The highest BCUT2D eigenvalue weighted by Crippen LogP contribution is 2.28. The Kier molecular flexibility index (Phi) is 7.54. The van der Waals surface area contributed by atoms with Crippen LogP contribution in [0.4, 0.5) is 11.4 Å². The van der Waals surface area contributed by atoms with E-state index in [-0.39, 0.29) is 24.0 Å². The molecule has 3 N–H and O–H groups in total. The highest BCUT2D eigenvalue weighted by molar-refractivity contribution is 6.07. The lowest BCUT2D eigenvalue weighted by molar-refractivity contribution is -0.117. The molecule has 2 aliphatic rings. The summed E-state index contributed by atoms with van der Waals surface area (Å²) in [6, 6.07) is 21.7. The van der Waals surface area contributed by atoms with Crippen LogP contribution in [0.3, 0.4) is 0 Å². The molecule has 0 bridgehead atoms. The fraction of sp³-hybridized carbons (Fsp3) is 0.161. The number of anilines is 1. The standard InChI is InChI=1S/C31H28N4O3/c36-29-11-5-2-8-23(29)18-32-20-28(33-19-24-9-3-6-12-30(24)37)31(38)34-25-15-13-21(14-16-25)27-17-22-7-1-4-10-26(22)35-27/h1-5,7-11,13-16,18-19,28,36-37H,6,12,17,20H2,(H,34,38)/b32-18+,33-19+. The van der Waals surface area contributed by atoms with E-state index in [1.807, 2.05) is 48.5 Å². The largest absolute Gasteiger partial charge is 0.512 e. The van der Waals surface area contributed by atoms with Crippen LogP contribution >= 0.6 is 0 Å². The lowest BCUT2D eigenvalue weighted by Gasteiger charge is -2.13. The van der Waals surface area contributed by atoms with Crippen molar-refractivity contribution in [2.75, 3.05) is 11.9 Å². The van der Waals surface area contributed by atoms with Crippen LogP contribution in [0, 0.1) is 0 Å². The number of aromatic hydroxyl groups is 1. The number of aliphatic imine (C=N–C) groups is 3. The molecule has 190 valence electrons. The van der Waals surface area contributed by atoms with Gasteiger partial charge in [0.15, 0.2) is 0 Å². The van der Waals surface area contributed by atoms with Gasteiger partial charge in [-0.3, -0.25) is 19.8 Å². The lowest BCUT2D eigenvalue weighted by atomic mass is 10.0. The highest BCUT2D eigenvalue weighted by Gasteiger charge is 2.19. The predicted molar refractivity (Wildman–Crippen MR) is 152 cm³/mol. The van der Waals surface area contributed by atoms with E-state index in [2.05, 4.69) is 21.4 Å². The Morgan fingerprint density at radius 1 is 1.00 bits per heavy atom. The van der Waals surface area contributed by atoms with Crippen molar-refractivity contribution >= 4 is 35.4 Å². The first-order chi connectivity index (χ1) is 18.6. The molecule has 3 aromatic carbocycles. The Bertz CT molecular complexity index is 1480. The zero-order valence-electron chi connectivity index (χ0n) is 20.8. The van der Waals surface area contributed by atoms with Crippen molar-refractivity contribution in [3.05, 3.63) is 113 Å². The van der Waals surface area contributed by atoms with Gasteiger partial charge in [-0.1, -0.05) is 54.6 Å². The van der Waals surface area contributed by atoms with Crippen molar-refractivity contribution in [3.8, 4) is 5.75 Å². The molecule has 0 saturated carbocycles. The van der Waals surface area contributed by atoms with Crippen molar-refractivity contribution in [1.82, 2.24) is 0 Å². The van der Waals surface area contributed by atoms with Crippen LogP contribution in [0.15, 0.2) is 111 Å². The summed E-state index contributed by atoms with van der Waals surface area (Å²) in [4.78, 5) is 26.7. The molecule has 5 rings (SSSR count). The number of phenols is 1. The summed E-state index contributed by atoms with van der Waals surface area (Å²) >= 11 is 0. The molecule has 0 radical (unpaired) electrons. The summed E-state index contributed by atoms with van der Waals surface area (Å²) in [5.41, 5.74) is 5.99. The molecule has 0 spiro atoms. The first-order valence-electron chi connectivity index (χ1n) is 12.5. The molecule has 0 saturated heterocycles. The SMILES string of the molecule is O=C(Nc1ccc(C2=Nc3ccccc3C2)cc1)C(C/N=C/c1ccccc1O)/N=C/C1=C(O)CCC=C1. The number of carbonyl (C=O) groups excluding carboxylic acids is 1. The number of nitrogens with one attached hydrogen (secondary N) is 1. The number of hydrogen-bond donors (Lipinski definition) is 3. The van der Waals surface area contributed by atoms with Gasteiger partial charge < -0.3 is 15.5 Å². The summed E-state index contributed by atoms with van der Waals surface area (Å²) < 4.78 is 0. The number of para-hydroxylation sites is 2. The number of allylic oxidation sites excluding steroid dienone is 4. The lowest BCUT2D eigenvalue weighted by Crippen LogP contribution is -2.29. The predicted octanol–water partition coefficient (Wildman–Crippen LogP) is 5.73. The summed E-state index contributed by atoms with van der Waals surface area (Å²) in [5.74, 6) is 0.0350. The topological polar surface area (TPSA) is 107 Å². The molecular weight excluding hydrogens is 476 g/mol. The maximum absolute atomic E-state index is 13.2. The minimum Gasteiger partial charge on any atom is -0.512 e. The van der Waals surface area contributed by atoms with Crippen LogP contribution in [0.5, 0.6) is 5.75 Å². The second-order valence-electron chi connectivity index (χ2n) is 9.12. The van der Waals surface area contributed by atoms with Gasteiger partial charge in [-0.15, -0.1) is 0 Å². The second kappa shape index (κ2) is 11.5. The van der Waals surface area contributed by atoms with Crippen LogP contribution < -0.4 is 5.32 Å². The molecule has 3 aromatic rings. The van der Waals surface area contributed by atoms with Crippen LogP contribution in [0.2, 0.25) is 0 Å². The molecule has 1 aliphatic heterocycles. The summed E-state index contributed by atoms with van der Waals surface area (Å²) in [6.45, 7) is 0.0710. The second-order valence-corrected chi connectivity index (χ2v) is 9.12. The van der Waals surface area contributed by atoms with Crippen molar-refractivity contribution in [2.24, 2.45) is 15.0 Å². The maximum Gasteiger partial charge on any atom is 0.251 e. The minimum atomic E-state index is -0.832. The number of amides is 1. The molecule has 7 nitrogen and oxygen atoms in total. The Hall–Kier alpha value is -4.78. The molecule has 1 amide bonds. The molecule has 0 aromatic heterocycles. The van der Waals surface area contributed by atoms with Crippen LogP contribution in [0.25, 0.3) is 0 Å². The van der Waals surface area contributed by atoms with E-state index < -0.39 is 6.04 Å². The van der Waals surface area contributed by atoms with E-state index in [1.54, 1.807) is 30.3 Å². The van der Waals surface area contributed by atoms with Crippen LogP contribution in [-0.4, -0.2) is 46.8 Å². The van der Waals surface area contributed by atoms with Gasteiger partial charge in [0.2, 0.25) is 0 Å². The quantitative estimate of drug-likeness (QED) is 0.341. The minimum absolute atomic E-state index is 0.0710. The molecule has 1 aliphatic carbocycles. The number of carbonyl (C=O) groups is 1. The van der Waals surface area contributed by atoms with E-state index in [0.717, 1.165) is 29.8 Å². The van der Waals surface area contributed by atoms with Crippen molar-refractivity contribution in [3.63, 3.8) is 0 Å². The van der Waals surface area contributed by atoms with Crippen molar-refractivity contribution < 1.29 is 15.0 Å². The van der Waals surface area contributed by atoms with Gasteiger partial charge in [0.05, 0.1) is 17.9 Å². The average molecular weight is 505 g/mol. The van der Waals surface area contributed by atoms with Gasteiger partial charge in [0.25, 0.3) is 5.91 Å². The van der Waals surface area contributed by atoms with Gasteiger partial charge in [-0.25, -0.2) is 0 Å². The van der Waals surface area contributed by atoms with Gasteiger partial charge >= 0.3 is 0 Å². The third-order valence-corrected chi connectivity index (χ3v) is 6.41. The molecule has 0 fully saturated rings. The molecule has 1 heterocycles. The van der Waals surface area contributed by atoms with E-state index in [4.69, 9.17) is 4.99 Å². The van der Waals surface area contributed by atoms with Gasteiger partial charge in [0, 0.05) is 42.1 Å². The van der Waals surface area contributed by atoms with Gasteiger partial charge in [0.1, 0.15) is 17.6 Å². The number of phenolic OH excluding ortho intramolecular Hbond substituents is 1. The van der Waals surface area contributed by atoms with E-state index in [9.17, 15) is 15.0 Å². The normalized spacial score (nSPS) is 15.6. The van der Waals surface area contributed by atoms with E-state index in [0.29, 0.717) is 23.2 Å². The van der Waals surface area contributed by atoms with Crippen LogP contribution in [0.1, 0.15) is 29.5 Å². The Balaban J connectivity index is 1.29. The molecule has 1 unspecified atom stereocenters. The summed E-state index contributed by atoms with van der Waals surface area (Å²) in [5, 5.41) is 23.1. The van der Waals surface area contributed by atoms with Gasteiger partial charge in [-0.05, 0) is 47.9 Å². The third-order valence-electron chi connectivity index (χ3n) is 6.41. The summed E-state index contributed by atoms with van der Waals surface area (Å²) in [7, 11) is 0. The molecule has 7 heteroatoms. The van der Waals surface area contributed by atoms with Gasteiger partial charge in [-0.2, -0.15) is 0 Å². The Morgan fingerprint density at radius 2 is 1.79 bits per heavy atom. The Morgan fingerprint density at radius 3 is 2.58 bits per heavy atom. The maximum atomic E-state index is 13.2. The van der Waals surface area contributed by atoms with Crippen molar-refractivity contribution in [1.29, 1.82) is 0 Å².